The summed E-state index contributed by atoms with van der Waals surface area (Å²) in [4.78, 5) is 24.2. The number of rotatable bonds is 5. The molecule has 0 heterocycles. The fraction of sp³-hybridized carbons (Fsp3) is 0.167. The minimum Gasteiger partial charge on any atom is -0.493 e. The number of ether oxygens (including phenoxy) is 1. The van der Waals surface area contributed by atoms with E-state index < -0.39 is 17.6 Å². The zero-order valence-corrected chi connectivity index (χ0v) is 14.9. The van der Waals surface area contributed by atoms with E-state index in [1.54, 1.807) is 24.3 Å². The second-order valence-electron chi connectivity index (χ2n) is 5.21. The molecule has 8 heteroatoms. The smallest absolute Gasteiger partial charge is 0.273 e. The van der Waals surface area contributed by atoms with Gasteiger partial charge in [-0.05, 0) is 55.0 Å². The summed E-state index contributed by atoms with van der Waals surface area (Å²) in [6.07, 6.45) is 0.813. The molecular formula is C18H18FN3O3S. The van der Waals surface area contributed by atoms with Gasteiger partial charge in [0.05, 0.1) is 12.2 Å². The normalized spacial score (nSPS) is 9.92. The van der Waals surface area contributed by atoms with Crippen LogP contribution in [0.4, 0.5) is 4.39 Å². The maximum absolute atomic E-state index is 12.9. The summed E-state index contributed by atoms with van der Waals surface area (Å²) in [5.41, 5.74) is 5.41. The predicted molar refractivity (Wildman–Crippen MR) is 99.3 cm³/mol. The number of amides is 2. The van der Waals surface area contributed by atoms with Crippen LogP contribution < -0.4 is 20.9 Å². The Hall–Kier alpha value is -3.00. The van der Waals surface area contributed by atoms with Crippen LogP contribution in [-0.4, -0.2) is 23.5 Å². The molecular weight excluding hydrogens is 357 g/mol. The second-order valence-corrected chi connectivity index (χ2v) is 5.62. The Balaban J connectivity index is 1.90. The summed E-state index contributed by atoms with van der Waals surface area (Å²) < 4.78 is 18.4. The van der Waals surface area contributed by atoms with Crippen molar-refractivity contribution in [1.82, 2.24) is 16.2 Å². The van der Waals surface area contributed by atoms with Gasteiger partial charge in [-0.3, -0.25) is 25.8 Å². The lowest BCUT2D eigenvalue weighted by atomic mass is 10.2. The molecule has 0 saturated carbocycles. The summed E-state index contributed by atoms with van der Waals surface area (Å²) in [7, 11) is 0. The number of para-hydroxylation sites is 1. The van der Waals surface area contributed by atoms with Crippen molar-refractivity contribution in [2.24, 2.45) is 0 Å². The van der Waals surface area contributed by atoms with E-state index in [0.29, 0.717) is 17.9 Å². The molecule has 2 aromatic rings. The molecule has 0 aliphatic carbocycles. The molecule has 0 fully saturated rings. The summed E-state index contributed by atoms with van der Waals surface area (Å²) in [6.45, 7) is 2.45. The van der Waals surface area contributed by atoms with Crippen molar-refractivity contribution >= 4 is 29.1 Å². The topological polar surface area (TPSA) is 79.5 Å². The third-order valence-electron chi connectivity index (χ3n) is 3.22. The molecule has 2 aromatic carbocycles. The van der Waals surface area contributed by atoms with Crippen molar-refractivity contribution < 1.29 is 18.7 Å². The third kappa shape index (κ3) is 5.52. The molecule has 0 aliphatic rings. The van der Waals surface area contributed by atoms with Crippen LogP contribution >= 0.6 is 12.2 Å². The first-order chi connectivity index (χ1) is 12.5. The van der Waals surface area contributed by atoms with Gasteiger partial charge in [0, 0.05) is 5.56 Å². The zero-order valence-electron chi connectivity index (χ0n) is 14.0. The minimum atomic E-state index is -0.525. The van der Waals surface area contributed by atoms with Crippen molar-refractivity contribution in [1.29, 1.82) is 0 Å². The highest BCUT2D eigenvalue weighted by atomic mass is 32.1. The van der Waals surface area contributed by atoms with Gasteiger partial charge in [0.25, 0.3) is 11.8 Å². The van der Waals surface area contributed by atoms with E-state index in [1.807, 2.05) is 6.92 Å². The van der Waals surface area contributed by atoms with Crippen LogP contribution in [0, 0.1) is 5.82 Å². The number of benzene rings is 2. The standard InChI is InChI=1S/C18H18FN3O3S/c1-2-11-25-15-6-4-3-5-14(15)17(24)21-22-18(26)20-16(23)12-7-9-13(19)10-8-12/h3-10H,2,11H2,1H3,(H,21,24)(H2,20,22,23,26). The molecule has 0 saturated heterocycles. The lowest BCUT2D eigenvalue weighted by Crippen LogP contribution is -2.48. The molecule has 0 radical (unpaired) electrons. The molecule has 6 nitrogen and oxygen atoms in total. The van der Waals surface area contributed by atoms with Gasteiger partial charge >= 0.3 is 0 Å². The maximum Gasteiger partial charge on any atom is 0.273 e. The third-order valence-corrected chi connectivity index (χ3v) is 3.42. The molecule has 3 N–H and O–H groups in total. The van der Waals surface area contributed by atoms with E-state index >= 15 is 0 Å². The number of nitrogens with one attached hydrogen (secondary N) is 3. The first-order valence-corrected chi connectivity index (χ1v) is 8.31. The first kappa shape index (κ1) is 19.3. The van der Waals surface area contributed by atoms with E-state index in [0.717, 1.165) is 6.42 Å². The predicted octanol–water partition coefficient (Wildman–Crippen LogP) is 2.56. The number of carbonyl (C=O) groups is 2. The molecule has 136 valence electrons. The van der Waals surface area contributed by atoms with Crippen LogP contribution in [0.1, 0.15) is 34.1 Å². The summed E-state index contributed by atoms with van der Waals surface area (Å²) in [5.74, 6) is -0.980. The van der Waals surface area contributed by atoms with Gasteiger partial charge in [-0.1, -0.05) is 19.1 Å². The fourth-order valence-electron chi connectivity index (χ4n) is 1.98. The van der Waals surface area contributed by atoms with E-state index in [-0.39, 0.29) is 10.7 Å². The van der Waals surface area contributed by atoms with Crippen LogP contribution in [0.5, 0.6) is 5.75 Å². The van der Waals surface area contributed by atoms with Gasteiger partial charge in [-0.15, -0.1) is 0 Å². The van der Waals surface area contributed by atoms with Crippen molar-refractivity contribution in [3.05, 3.63) is 65.5 Å². The van der Waals surface area contributed by atoms with Crippen LogP contribution in [-0.2, 0) is 0 Å². The first-order valence-electron chi connectivity index (χ1n) is 7.90. The Morgan fingerprint density at radius 2 is 1.73 bits per heavy atom. The highest BCUT2D eigenvalue weighted by Gasteiger charge is 2.13. The van der Waals surface area contributed by atoms with Crippen LogP contribution in [0.3, 0.4) is 0 Å². The largest absolute Gasteiger partial charge is 0.493 e. The Bertz CT molecular complexity index is 797. The van der Waals surface area contributed by atoms with Gasteiger partial charge in [0.15, 0.2) is 5.11 Å². The van der Waals surface area contributed by atoms with E-state index in [9.17, 15) is 14.0 Å². The number of carbonyl (C=O) groups excluding carboxylic acids is 2. The molecule has 26 heavy (non-hydrogen) atoms. The Labute approximate surface area is 155 Å². The quantitative estimate of drug-likeness (QED) is 0.553. The molecule has 2 rings (SSSR count). The molecule has 0 bridgehead atoms. The Morgan fingerprint density at radius 3 is 2.42 bits per heavy atom. The molecule has 0 aliphatic heterocycles. The monoisotopic (exact) mass is 375 g/mol. The lowest BCUT2D eigenvalue weighted by Gasteiger charge is -2.13. The van der Waals surface area contributed by atoms with Gasteiger partial charge in [0.2, 0.25) is 0 Å². The minimum absolute atomic E-state index is 0.0976. The Kier molecular flexibility index (Phi) is 7.04. The highest BCUT2D eigenvalue weighted by molar-refractivity contribution is 7.80. The zero-order chi connectivity index (χ0) is 18.9. The number of hydrazine groups is 1. The van der Waals surface area contributed by atoms with Crippen LogP contribution in [0.15, 0.2) is 48.5 Å². The van der Waals surface area contributed by atoms with E-state index in [4.69, 9.17) is 17.0 Å². The number of hydrogen-bond donors (Lipinski definition) is 3. The average Bonchev–Trinajstić information content (AvgIpc) is 2.65. The van der Waals surface area contributed by atoms with E-state index in [2.05, 4.69) is 16.2 Å². The van der Waals surface area contributed by atoms with Crippen molar-refractivity contribution in [3.63, 3.8) is 0 Å². The Morgan fingerprint density at radius 1 is 1.04 bits per heavy atom. The second kappa shape index (κ2) is 9.47. The number of thiocarbonyl (C=S) groups is 1. The lowest BCUT2D eigenvalue weighted by molar-refractivity contribution is 0.0931. The van der Waals surface area contributed by atoms with Crippen molar-refractivity contribution in [2.75, 3.05) is 6.61 Å². The molecule has 0 aromatic heterocycles. The summed E-state index contributed by atoms with van der Waals surface area (Å²) in [6, 6.07) is 11.8. The average molecular weight is 375 g/mol. The maximum atomic E-state index is 12.9. The van der Waals surface area contributed by atoms with E-state index in [1.165, 1.54) is 24.3 Å². The molecule has 0 spiro atoms. The fourth-order valence-corrected chi connectivity index (χ4v) is 2.12. The van der Waals surface area contributed by atoms with Crippen molar-refractivity contribution in [3.8, 4) is 5.75 Å². The van der Waals surface area contributed by atoms with Crippen LogP contribution in [0.2, 0.25) is 0 Å². The van der Waals surface area contributed by atoms with Crippen molar-refractivity contribution in [2.45, 2.75) is 13.3 Å². The van der Waals surface area contributed by atoms with Gasteiger partial charge in [-0.25, -0.2) is 4.39 Å². The number of hydrogen-bond acceptors (Lipinski definition) is 4. The molecule has 0 atom stereocenters. The SMILES string of the molecule is CCCOc1ccccc1C(=O)NNC(=S)NC(=O)c1ccc(F)cc1. The molecule has 2 amide bonds. The van der Waals surface area contributed by atoms with Gasteiger partial charge < -0.3 is 4.74 Å². The molecule has 0 unspecified atom stereocenters. The number of halogens is 1. The highest BCUT2D eigenvalue weighted by Crippen LogP contribution is 2.17. The summed E-state index contributed by atoms with van der Waals surface area (Å²) in [5, 5.41) is 2.29. The summed E-state index contributed by atoms with van der Waals surface area (Å²) >= 11 is 4.96. The van der Waals surface area contributed by atoms with Crippen LogP contribution in [0.25, 0.3) is 0 Å². The van der Waals surface area contributed by atoms with Gasteiger partial charge in [-0.2, -0.15) is 0 Å². The van der Waals surface area contributed by atoms with Gasteiger partial charge in [0.1, 0.15) is 11.6 Å².